The summed E-state index contributed by atoms with van der Waals surface area (Å²) >= 11 is 0. The molecule has 0 unspecified atom stereocenters. The number of ether oxygens (including phenoxy) is 1. The highest BCUT2D eigenvalue weighted by Crippen LogP contribution is 2.40. The van der Waals surface area contributed by atoms with Crippen molar-refractivity contribution in [3.05, 3.63) is 29.3 Å². The minimum absolute atomic E-state index is 0.620. The number of rotatable bonds is 6. The van der Waals surface area contributed by atoms with Crippen molar-refractivity contribution >= 4 is 0 Å². The third kappa shape index (κ3) is 3.11. The second kappa shape index (κ2) is 6.39. The van der Waals surface area contributed by atoms with Crippen molar-refractivity contribution in [2.75, 3.05) is 20.2 Å². The van der Waals surface area contributed by atoms with Crippen LogP contribution in [0.5, 0.6) is 5.75 Å². The lowest BCUT2D eigenvalue weighted by atomic mass is 9.79. The van der Waals surface area contributed by atoms with E-state index in [0.717, 1.165) is 11.7 Å². The molecule has 1 aromatic rings. The molecule has 21 heavy (non-hydrogen) atoms. The van der Waals surface area contributed by atoms with Crippen LogP contribution in [0.25, 0.3) is 0 Å². The molecule has 0 radical (unpaired) electrons. The fourth-order valence-electron chi connectivity index (χ4n) is 4.03. The predicted octanol–water partition coefficient (Wildman–Crippen LogP) is 4.24. The second-order valence-electron chi connectivity index (χ2n) is 6.86. The number of hydrogen-bond donors (Lipinski definition) is 0. The average molecular weight is 287 g/mol. The Kier molecular flexibility index (Phi) is 4.54. The van der Waals surface area contributed by atoms with Gasteiger partial charge in [0.15, 0.2) is 0 Å². The molecule has 0 spiro atoms. The number of fused-ring (bicyclic) bond motifs is 1. The SMILES string of the molecule is CCCN(CC1CC1)[C@@H]1CCc2c(OC)cccc2[C@@H]1C. The summed E-state index contributed by atoms with van der Waals surface area (Å²) in [6, 6.07) is 7.29. The van der Waals surface area contributed by atoms with Gasteiger partial charge in [-0.05, 0) is 67.7 Å². The Morgan fingerprint density at radius 1 is 1.24 bits per heavy atom. The summed E-state index contributed by atoms with van der Waals surface area (Å²) < 4.78 is 5.57. The fourth-order valence-corrected chi connectivity index (χ4v) is 4.03. The van der Waals surface area contributed by atoms with Crippen LogP contribution in [0.3, 0.4) is 0 Å². The molecule has 0 aromatic heterocycles. The average Bonchev–Trinajstić information content (AvgIpc) is 3.31. The van der Waals surface area contributed by atoms with Gasteiger partial charge in [-0.15, -0.1) is 0 Å². The molecule has 3 rings (SSSR count). The zero-order valence-electron chi connectivity index (χ0n) is 13.8. The highest BCUT2D eigenvalue weighted by Gasteiger charge is 2.34. The van der Waals surface area contributed by atoms with E-state index in [0.29, 0.717) is 12.0 Å². The maximum atomic E-state index is 5.57. The normalized spacial score (nSPS) is 25.0. The molecule has 116 valence electrons. The molecule has 2 atom stereocenters. The first kappa shape index (κ1) is 14.9. The standard InChI is InChI=1S/C19H29NO/c1-4-12-20(13-15-8-9-15)18-11-10-17-16(14(18)2)6-5-7-19(17)21-3/h5-7,14-15,18H,4,8-13H2,1-3H3/t14-,18+/m0/s1. The first-order valence-electron chi connectivity index (χ1n) is 8.64. The summed E-state index contributed by atoms with van der Waals surface area (Å²) in [6.45, 7) is 7.30. The van der Waals surface area contributed by atoms with Crippen LogP contribution >= 0.6 is 0 Å². The van der Waals surface area contributed by atoms with E-state index in [1.54, 1.807) is 7.11 Å². The zero-order valence-corrected chi connectivity index (χ0v) is 13.8. The van der Waals surface area contributed by atoms with Gasteiger partial charge in [-0.2, -0.15) is 0 Å². The number of hydrogen-bond acceptors (Lipinski definition) is 2. The number of benzene rings is 1. The lowest BCUT2D eigenvalue weighted by Gasteiger charge is -2.40. The van der Waals surface area contributed by atoms with Crippen molar-refractivity contribution in [1.82, 2.24) is 4.90 Å². The monoisotopic (exact) mass is 287 g/mol. The molecule has 2 nitrogen and oxygen atoms in total. The van der Waals surface area contributed by atoms with Gasteiger partial charge in [-0.1, -0.05) is 26.0 Å². The van der Waals surface area contributed by atoms with E-state index < -0.39 is 0 Å². The first-order chi connectivity index (χ1) is 10.2. The highest BCUT2D eigenvalue weighted by molar-refractivity contribution is 5.44. The molecular formula is C19H29NO. The van der Waals surface area contributed by atoms with E-state index in [4.69, 9.17) is 4.74 Å². The molecule has 0 amide bonds. The Hall–Kier alpha value is -1.02. The Balaban J connectivity index is 1.81. The van der Waals surface area contributed by atoms with Crippen LogP contribution in [0.4, 0.5) is 0 Å². The molecular weight excluding hydrogens is 258 g/mol. The van der Waals surface area contributed by atoms with Gasteiger partial charge in [0.25, 0.3) is 0 Å². The number of methoxy groups -OCH3 is 1. The summed E-state index contributed by atoms with van der Waals surface area (Å²) in [5.41, 5.74) is 2.97. The van der Waals surface area contributed by atoms with Gasteiger partial charge in [0.2, 0.25) is 0 Å². The molecule has 2 heteroatoms. The molecule has 0 bridgehead atoms. The van der Waals surface area contributed by atoms with Crippen molar-refractivity contribution in [2.24, 2.45) is 5.92 Å². The second-order valence-corrected chi connectivity index (χ2v) is 6.86. The molecule has 2 aliphatic rings. The quantitative estimate of drug-likeness (QED) is 0.776. The van der Waals surface area contributed by atoms with Crippen molar-refractivity contribution in [3.63, 3.8) is 0 Å². The van der Waals surface area contributed by atoms with Gasteiger partial charge in [0.1, 0.15) is 5.75 Å². The summed E-state index contributed by atoms with van der Waals surface area (Å²) in [7, 11) is 1.79. The van der Waals surface area contributed by atoms with Gasteiger partial charge in [-0.3, -0.25) is 4.90 Å². The van der Waals surface area contributed by atoms with Gasteiger partial charge in [0.05, 0.1) is 7.11 Å². The highest BCUT2D eigenvalue weighted by atomic mass is 16.5. The molecule has 0 N–H and O–H groups in total. The van der Waals surface area contributed by atoms with Crippen LogP contribution in [0, 0.1) is 5.92 Å². The molecule has 0 aliphatic heterocycles. The van der Waals surface area contributed by atoms with Crippen LogP contribution < -0.4 is 4.74 Å². The van der Waals surface area contributed by atoms with Gasteiger partial charge in [0, 0.05) is 12.6 Å². The smallest absolute Gasteiger partial charge is 0.122 e. The van der Waals surface area contributed by atoms with E-state index >= 15 is 0 Å². The maximum Gasteiger partial charge on any atom is 0.122 e. The maximum absolute atomic E-state index is 5.57. The van der Waals surface area contributed by atoms with E-state index in [1.165, 1.54) is 56.3 Å². The molecule has 2 aliphatic carbocycles. The molecule has 1 aromatic carbocycles. The van der Waals surface area contributed by atoms with E-state index in [2.05, 4.69) is 36.9 Å². The molecule has 1 saturated carbocycles. The third-order valence-corrected chi connectivity index (χ3v) is 5.32. The summed E-state index contributed by atoms with van der Waals surface area (Å²) in [4.78, 5) is 2.78. The Morgan fingerprint density at radius 3 is 2.71 bits per heavy atom. The van der Waals surface area contributed by atoms with E-state index in [9.17, 15) is 0 Å². The topological polar surface area (TPSA) is 12.5 Å². The fraction of sp³-hybridized carbons (Fsp3) is 0.684. The first-order valence-corrected chi connectivity index (χ1v) is 8.64. The summed E-state index contributed by atoms with van der Waals surface area (Å²) in [5.74, 6) is 2.69. The van der Waals surface area contributed by atoms with Gasteiger partial charge < -0.3 is 4.74 Å². The molecule has 0 heterocycles. The minimum Gasteiger partial charge on any atom is -0.496 e. The van der Waals surface area contributed by atoms with Crippen molar-refractivity contribution in [3.8, 4) is 5.75 Å². The summed E-state index contributed by atoms with van der Waals surface area (Å²) in [6.07, 6.45) is 6.61. The van der Waals surface area contributed by atoms with Crippen LogP contribution in [-0.2, 0) is 6.42 Å². The zero-order chi connectivity index (χ0) is 14.8. The van der Waals surface area contributed by atoms with E-state index in [1.807, 2.05) is 0 Å². The Labute approximate surface area is 129 Å². The van der Waals surface area contributed by atoms with Crippen molar-refractivity contribution in [1.29, 1.82) is 0 Å². The Bertz CT molecular complexity index is 480. The lowest BCUT2D eigenvalue weighted by molar-refractivity contribution is 0.151. The number of nitrogens with zero attached hydrogens (tertiary/aromatic N) is 1. The minimum atomic E-state index is 0.620. The van der Waals surface area contributed by atoms with Gasteiger partial charge >= 0.3 is 0 Å². The van der Waals surface area contributed by atoms with Crippen molar-refractivity contribution in [2.45, 2.75) is 57.9 Å². The lowest BCUT2D eigenvalue weighted by Crippen LogP contribution is -2.43. The predicted molar refractivity (Wildman–Crippen MR) is 88.1 cm³/mol. The van der Waals surface area contributed by atoms with Crippen LogP contribution in [0.1, 0.15) is 56.6 Å². The molecule has 1 fully saturated rings. The third-order valence-electron chi connectivity index (χ3n) is 5.32. The largest absolute Gasteiger partial charge is 0.496 e. The van der Waals surface area contributed by atoms with Gasteiger partial charge in [-0.25, -0.2) is 0 Å². The van der Waals surface area contributed by atoms with Crippen LogP contribution in [-0.4, -0.2) is 31.1 Å². The van der Waals surface area contributed by atoms with Crippen LogP contribution in [0.15, 0.2) is 18.2 Å². The Morgan fingerprint density at radius 2 is 2.05 bits per heavy atom. The van der Waals surface area contributed by atoms with E-state index in [-0.39, 0.29) is 0 Å². The van der Waals surface area contributed by atoms with Crippen molar-refractivity contribution < 1.29 is 4.74 Å². The summed E-state index contributed by atoms with van der Waals surface area (Å²) in [5, 5.41) is 0. The molecule has 0 saturated heterocycles. The van der Waals surface area contributed by atoms with Crippen LogP contribution in [0.2, 0.25) is 0 Å².